The van der Waals surface area contributed by atoms with Crippen LogP contribution in [0.15, 0.2) is 30.3 Å². The van der Waals surface area contributed by atoms with Crippen molar-refractivity contribution in [3.63, 3.8) is 0 Å². The molecule has 0 amide bonds. The number of hydrogen-bond acceptors (Lipinski definition) is 4. The van der Waals surface area contributed by atoms with Gasteiger partial charge in [-0.3, -0.25) is 4.55 Å². The molecular weight excluding hydrogens is 206 g/mol. The van der Waals surface area contributed by atoms with Crippen LogP contribution in [-0.2, 0) is 14.6 Å². The highest BCUT2D eigenvalue weighted by Crippen LogP contribution is 2.10. The largest absolute Gasteiger partial charge is 0.397 e. The van der Waals surface area contributed by atoms with Crippen LogP contribution in [0.5, 0.6) is 0 Å². The molecule has 0 fully saturated rings. The fraction of sp³-hybridized carbons (Fsp3) is 0.250. The average molecular weight is 217 g/mol. The van der Waals surface area contributed by atoms with Crippen molar-refractivity contribution in [2.75, 3.05) is 6.61 Å². The molecule has 3 N–H and O–H groups in total. The second kappa shape index (κ2) is 4.52. The van der Waals surface area contributed by atoms with Gasteiger partial charge in [-0.25, -0.2) is 4.18 Å². The molecule has 5 nitrogen and oxygen atoms in total. The molecule has 0 saturated heterocycles. The molecule has 0 radical (unpaired) electrons. The van der Waals surface area contributed by atoms with Gasteiger partial charge in [0.15, 0.2) is 0 Å². The highest BCUT2D eigenvalue weighted by molar-refractivity contribution is 7.80. The van der Waals surface area contributed by atoms with Crippen LogP contribution in [0.25, 0.3) is 0 Å². The summed E-state index contributed by atoms with van der Waals surface area (Å²) < 4.78 is 32.9. The van der Waals surface area contributed by atoms with Gasteiger partial charge in [0.05, 0.1) is 12.6 Å². The van der Waals surface area contributed by atoms with Crippen molar-refractivity contribution in [1.82, 2.24) is 0 Å². The molecule has 0 spiro atoms. The number of nitrogens with two attached hydrogens (primary N) is 1. The van der Waals surface area contributed by atoms with E-state index in [9.17, 15) is 8.42 Å². The maximum Gasteiger partial charge on any atom is 0.397 e. The van der Waals surface area contributed by atoms with Gasteiger partial charge in [-0.05, 0) is 5.56 Å². The van der Waals surface area contributed by atoms with Crippen LogP contribution >= 0.6 is 0 Å². The van der Waals surface area contributed by atoms with Gasteiger partial charge in [0.2, 0.25) is 0 Å². The molecular formula is C8H11NO4S. The number of rotatable bonds is 4. The van der Waals surface area contributed by atoms with Gasteiger partial charge in [0, 0.05) is 0 Å². The van der Waals surface area contributed by atoms with Gasteiger partial charge in [-0.2, -0.15) is 8.42 Å². The van der Waals surface area contributed by atoms with E-state index in [1.54, 1.807) is 24.3 Å². The van der Waals surface area contributed by atoms with Crippen LogP contribution in [0.3, 0.4) is 0 Å². The Balaban J connectivity index is 2.56. The molecule has 0 aliphatic heterocycles. The molecule has 1 unspecified atom stereocenters. The van der Waals surface area contributed by atoms with Crippen LogP contribution in [-0.4, -0.2) is 19.6 Å². The monoisotopic (exact) mass is 217 g/mol. The highest BCUT2D eigenvalue weighted by atomic mass is 32.3. The summed E-state index contributed by atoms with van der Waals surface area (Å²) in [6.45, 7) is -0.275. The van der Waals surface area contributed by atoms with Crippen LogP contribution in [0, 0.1) is 0 Å². The Kier molecular flexibility index (Phi) is 3.59. The van der Waals surface area contributed by atoms with E-state index in [2.05, 4.69) is 4.18 Å². The molecule has 1 aromatic carbocycles. The summed E-state index contributed by atoms with van der Waals surface area (Å²) in [6.07, 6.45) is 0. The maximum atomic E-state index is 10.2. The Labute approximate surface area is 82.5 Å². The lowest BCUT2D eigenvalue weighted by Gasteiger charge is -2.09. The maximum absolute atomic E-state index is 10.2. The highest BCUT2D eigenvalue weighted by Gasteiger charge is 2.10. The van der Waals surface area contributed by atoms with E-state index < -0.39 is 16.4 Å². The molecule has 1 rings (SSSR count). The minimum atomic E-state index is -4.41. The van der Waals surface area contributed by atoms with Crippen molar-refractivity contribution in [3.8, 4) is 0 Å². The van der Waals surface area contributed by atoms with E-state index in [4.69, 9.17) is 10.3 Å². The quantitative estimate of drug-likeness (QED) is 0.717. The molecule has 0 saturated carbocycles. The summed E-state index contributed by atoms with van der Waals surface area (Å²) in [7, 11) is -4.41. The first kappa shape index (κ1) is 11.1. The number of benzene rings is 1. The zero-order valence-electron chi connectivity index (χ0n) is 7.33. The molecule has 78 valence electrons. The normalized spacial score (nSPS) is 13.9. The van der Waals surface area contributed by atoms with Crippen LogP contribution in [0.1, 0.15) is 11.6 Å². The molecule has 0 aliphatic rings. The van der Waals surface area contributed by atoms with Crippen LogP contribution in [0.2, 0.25) is 0 Å². The Bertz CT molecular complexity index is 376. The van der Waals surface area contributed by atoms with Crippen molar-refractivity contribution < 1.29 is 17.2 Å². The first-order chi connectivity index (χ1) is 6.49. The Hall–Kier alpha value is -0.950. The minimum Gasteiger partial charge on any atom is -0.322 e. The van der Waals surface area contributed by atoms with E-state index in [-0.39, 0.29) is 6.61 Å². The van der Waals surface area contributed by atoms with Gasteiger partial charge in [0.1, 0.15) is 0 Å². The fourth-order valence-electron chi connectivity index (χ4n) is 0.956. The molecule has 0 heterocycles. The van der Waals surface area contributed by atoms with Gasteiger partial charge >= 0.3 is 10.4 Å². The summed E-state index contributed by atoms with van der Waals surface area (Å²) in [5.41, 5.74) is 6.35. The number of hydrogen-bond donors (Lipinski definition) is 2. The minimum absolute atomic E-state index is 0.275. The molecule has 14 heavy (non-hydrogen) atoms. The van der Waals surface area contributed by atoms with Gasteiger partial charge in [-0.1, -0.05) is 30.3 Å². The fourth-order valence-corrected chi connectivity index (χ4v) is 1.27. The topological polar surface area (TPSA) is 89.6 Å². The van der Waals surface area contributed by atoms with Crippen LogP contribution in [0.4, 0.5) is 0 Å². The third-order valence-electron chi connectivity index (χ3n) is 1.62. The van der Waals surface area contributed by atoms with E-state index in [1.807, 2.05) is 6.07 Å². The average Bonchev–Trinajstić information content (AvgIpc) is 2.14. The first-order valence-corrected chi connectivity index (χ1v) is 5.28. The van der Waals surface area contributed by atoms with Gasteiger partial charge in [0.25, 0.3) is 0 Å². The van der Waals surface area contributed by atoms with Crippen molar-refractivity contribution in [2.24, 2.45) is 5.73 Å². The molecule has 0 aliphatic carbocycles. The Morgan fingerprint density at radius 2 is 1.93 bits per heavy atom. The van der Waals surface area contributed by atoms with E-state index >= 15 is 0 Å². The predicted octanol–water partition coefficient (Wildman–Crippen LogP) is 0.506. The van der Waals surface area contributed by atoms with E-state index in [0.29, 0.717) is 0 Å². The zero-order valence-corrected chi connectivity index (χ0v) is 8.15. The van der Waals surface area contributed by atoms with Crippen molar-refractivity contribution in [1.29, 1.82) is 0 Å². The van der Waals surface area contributed by atoms with Gasteiger partial charge in [-0.15, -0.1) is 0 Å². The second-order valence-corrected chi connectivity index (χ2v) is 3.82. The Morgan fingerprint density at radius 1 is 1.36 bits per heavy atom. The van der Waals surface area contributed by atoms with Gasteiger partial charge < -0.3 is 5.73 Å². The standard InChI is InChI=1S/C8H11NO4S/c9-8(6-13-14(10,11)12)7-4-2-1-3-5-7/h1-5,8H,6,9H2,(H,10,11,12). The molecule has 6 heteroatoms. The zero-order chi connectivity index (χ0) is 10.6. The lowest BCUT2D eigenvalue weighted by atomic mass is 10.1. The second-order valence-electron chi connectivity index (χ2n) is 2.73. The van der Waals surface area contributed by atoms with E-state index in [0.717, 1.165) is 5.56 Å². The summed E-state index contributed by atoms with van der Waals surface area (Å²) in [5, 5.41) is 0. The lowest BCUT2D eigenvalue weighted by Crippen LogP contribution is -2.19. The third-order valence-corrected chi connectivity index (χ3v) is 2.06. The molecule has 1 atom stereocenters. The van der Waals surface area contributed by atoms with Crippen LogP contribution < -0.4 is 5.73 Å². The van der Waals surface area contributed by atoms with E-state index in [1.165, 1.54) is 0 Å². The van der Waals surface area contributed by atoms with Crippen molar-refractivity contribution in [3.05, 3.63) is 35.9 Å². The first-order valence-electron chi connectivity index (χ1n) is 3.91. The summed E-state index contributed by atoms with van der Waals surface area (Å²) in [5.74, 6) is 0. The lowest BCUT2D eigenvalue weighted by molar-refractivity contribution is 0.251. The third kappa shape index (κ3) is 3.84. The molecule has 1 aromatic rings. The summed E-state index contributed by atoms with van der Waals surface area (Å²) >= 11 is 0. The summed E-state index contributed by atoms with van der Waals surface area (Å²) in [4.78, 5) is 0. The smallest absolute Gasteiger partial charge is 0.322 e. The van der Waals surface area contributed by atoms with Crippen molar-refractivity contribution in [2.45, 2.75) is 6.04 Å². The predicted molar refractivity (Wildman–Crippen MR) is 50.9 cm³/mol. The SMILES string of the molecule is NC(COS(=O)(=O)O)c1ccccc1. The molecule has 0 bridgehead atoms. The Morgan fingerprint density at radius 3 is 2.43 bits per heavy atom. The summed E-state index contributed by atoms with van der Waals surface area (Å²) in [6, 6.07) is 8.30. The van der Waals surface area contributed by atoms with Crippen molar-refractivity contribution >= 4 is 10.4 Å². The molecule has 0 aromatic heterocycles.